The molecule has 1 aromatic rings. The lowest BCUT2D eigenvalue weighted by molar-refractivity contribution is -0.704. The number of imidazole rings is 1. The van der Waals surface area contributed by atoms with E-state index >= 15 is 0 Å². The van der Waals surface area contributed by atoms with Gasteiger partial charge in [-0.3, -0.25) is 0 Å². The first kappa shape index (κ1) is 39.2. The zero-order chi connectivity index (χ0) is 30.2. The maximum absolute atomic E-state index is 2.64. The van der Waals surface area contributed by atoms with Gasteiger partial charge in [0, 0.05) is 6.42 Å². The lowest BCUT2D eigenvalue weighted by Gasteiger charge is -2.07. The SMILES string of the molecule is CCCCCCCCCCCCCCn1cc[n+](CCCCCCCCCC)c1CCCCCCCCCCCCC. The van der Waals surface area contributed by atoms with E-state index in [-0.39, 0.29) is 0 Å². The summed E-state index contributed by atoms with van der Waals surface area (Å²) in [6.07, 6.45) is 50.4. The normalized spacial score (nSPS) is 11.6. The Bertz CT molecular complexity index is 648. The largest absolute Gasteiger partial charge is 0.256 e. The van der Waals surface area contributed by atoms with E-state index in [1.54, 1.807) is 5.82 Å². The fourth-order valence-corrected chi connectivity index (χ4v) is 6.68. The second-order valence-electron chi connectivity index (χ2n) is 13.8. The van der Waals surface area contributed by atoms with E-state index < -0.39 is 0 Å². The highest BCUT2D eigenvalue weighted by atomic mass is 15.1. The van der Waals surface area contributed by atoms with Crippen LogP contribution in [0.5, 0.6) is 0 Å². The van der Waals surface area contributed by atoms with Crippen LogP contribution in [-0.2, 0) is 19.5 Å². The van der Waals surface area contributed by atoms with Gasteiger partial charge in [0.15, 0.2) is 0 Å². The molecule has 0 aromatic carbocycles. The van der Waals surface area contributed by atoms with Crippen molar-refractivity contribution in [2.75, 3.05) is 0 Å². The van der Waals surface area contributed by atoms with Crippen LogP contribution in [0.25, 0.3) is 0 Å². The molecule has 0 atom stereocenters. The highest BCUT2D eigenvalue weighted by Crippen LogP contribution is 2.15. The van der Waals surface area contributed by atoms with Gasteiger partial charge in [0.05, 0.1) is 13.1 Å². The summed E-state index contributed by atoms with van der Waals surface area (Å²) in [6, 6.07) is 0. The highest BCUT2D eigenvalue weighted by Gasteiger charge is 2.16. The number of hydrogen-bond donors (Lipinski definition) is 0. The third-order valence-electron chi connectivity index (χ3n) is 9.60. The van der Waals surface area contributed by atoms with Crippen molar-refractivity contribution >= 4 is 0 Å². The number of rotatable bonds is 34. The van der Waals surface area contributed by atoms with Gasteiger partial charge in [-0.15, -0.1) is 0 Å². The molecule has 0 saturated carbocycles. The predicted molar refractivity (Wildman–Crippen MR) is 188 cm³/mol. The second-order valence-corrected chi connectivity index (χ2v) is 13.8. The number of aromatic nitrogens is 2. The summed E-state index contributed by atoms with van der Waals surface area (Å²) >= 11 is 0. The molecule has 0 aliphatic heterocycles. The maximum Gasteiger partial charge on any atom is 0.256 e. The topological polar surface area (TPSA) is 8.81 Å². The van der Waals surface area contributed by atoms with Crippen molar-refractivity contribution in [3.63, 3.8) is 0 Å². The Kier molecular flexibility index (Phi) is 29.5. The molecule has 0 spiro atoms. The van der Waals surface area contributed by atoms with Gasteiger partial charge in [-0.05, 0) is 32.1 Å². The minimum absolute atomic E-state index is 1.23. The van der Waals surface area contributed by atoms with E-state index in [0.717, 1.165) is 0 Å². The van der Waals surface area contributed by atoms with E-state index in [1.807, 2.05) is 0 Å². The first-order valence-corrected chi connectivity index (χ1v) is 19.9. The molecule has 0 aliphatic carbocycles. The molecule has 0 fully saturated rings. The lowest BCUT2D eigenvalue weighted by atomic mass is 10.0. The Morgan fingerprint density at radius 3 is 1.14 bits per heavy atom. The molecule has 0 aliphatic rings. The number of hydrogen-bond acceptors (Lipinski definition) is 0. The van der Waals surface area contributed by atoms with Gasteiger partial charge in [-0.2, -0.15) is 0 Å². The van der Waals surface area contributed by atoms with Crippen molar-refractivity contribution in [1.29, 1.82) is 0 Å². The Morgan fingerprint density at radius 1 is 0.405 bits per heavy atom. The van der Waals surface area contributed by atoms with Crippen LogP contribution in [0.15, 0.2) is 12.4 Å². The molecule has 0 radical (unpaired) electrons. The van der Waals surface area contributed by atoms with Crippen molar-refractivity contribution in [3.05, 3.63) is 18.2 Å². The fraction of sp³-hybridized carbons (Fsp3) is 0.925. The third kappa shape index (κ3) is 23.6. The molecule has 2 nitrogen and oxygen atoms in total. The van der Waals surface area contributed by atoms with Crippen LogP contribution in [0.2, 0.25) is 0 Å². The van der Waals surface area contributed by atoms with E-state index in [9.17, 15) is 0 Å². The van der Waals surface area contributed by atoms with Gasteiger partial charge in [-0.25, -0.2) is 9.13 Å². The van der Waals surface area contributed by atoms with E-state index in [1.165, 1.54) is 219 Å². The van der Waals surface area contributed by atoms with Gasteiger partial charge in [0.2, 0.25) is 0 Å². The quantitative estimate of drug-likeness (QED) is 0.0560. The van der Waals surface area contributed by atoms with Crippen LogP contribution in [0, 0.1) is 0 Å². The Hall–Kier alpha value is -0.790. The Morgan fingerprint density at radius 2 is 0.738 bits per heavy atom. The summed E-state index contributed by atoms with van der Waals surface area (Å²) in [7, 11) is 0. The summed E-state index contributed by atoms with van der Waals surface area (Å²) in [4.78, 5) is 0. The smallest absolute Gasteiger partial charge is 0.234 e. The summed E-state index contributed by atoms with van der Waals surface area (Å²) in [5, 5.41) is 0. The zero-order valence-electron chi connectivity index (χ0n) is 29.6. The van der Waals surface area contributed by atoms with Crippen molar-refractivity contribution in [3.8, 4) is 0 Å². The predicted octanol–water partition coefficient (Wildman–Crippen LogP) is 13.5. The Balaban J connectivity index is 2.30. The fourth-order valence-electron chi connectivity index (χ4n) is 6.68. The monoisotopic (exact) mass is 588 g/mol. The lowest BCUT2D eigenvalue weighted by Crippen LogP contribution is -2.37. The first-order chi connectivity index (χ1) is 20.8. The van der Waals surface area contributed by atoms with Crippen molar-refractivity contribution in [1.82, 2.24) is 4.57 Å². The van der Waals surface area contributed by atoms with Crippen LogP contribution >= 0.6 is 0 Å². The van der Waals surface area contributed by atoms with Gasteiger partial charge < -0.3 is 0 Å². The molecule has 0 N–H and O–H groups in total. The third-order valence-corrected chi connectivity index (χ3v) is 9.60. The Labute approximate surface area is 266 Å². The molecular formula is C40H79N2+. The average Bonchev–Trinajstić information content (AvgIpc) is 3.38. The highest BCUT2D eigenvalue weighted by molar-refractivity contribution is 4.84. The van der Waals surface area contributed by atoms with Crippen LogP contribution in [0.3, 0.4) is 0 Å². The van der Waals surface area contributed by atoms with Crippen molar-refractivity contribution in [2.45, 2.75) is 239 Å². The van der Waals surface area contributed by atoms with Gasteiger partial charge in [0.1, 0.15) is 12.4 Å². The molecule has 2 heteroatoms. The molecule has 0 amide bonds. The molecule has 42 heavy (non-hydrogen) atoms. The van der Waals surface area contributed by atoms with E-state index in [4.69, 9.17) is 0 Å². The van der Waals surface area contributed by atoms with Crippen LogP contribution in [-0.4, -0.2) is 4.57 Å². The molecule has 0 bridgehead atoms. The zero-order valence-corrected chi connectivity index (χ0v) is 29.6. The second kappa shape index (κ2) is 31.6. The van der Waals surface area contributed by atoms with E-state index in [0.29, 0.717) is 0 Å². The number of unbranched alkanes of at least 4 members (excludes halogenated alkanes) is 28. The van der Waals surface area contributed by atoms with E-state index in [2.05, 4.69) is 42.3 Å². The molecule has 0 saturated heterocycles. The maximum atomic E-state index is 2.64. The average molecular weight is 588 g/mol. The summed E-state index contributed by atoms with van der Waals surface area (Å²) in [5.74, 6) is 1.62. The first-order valence-electron chi connectivity index (χ1n) is 19.9. The van der Waals surface area contributed by atoms with Crippen molar-refractivity contribution in [2.24, 2.45) is 0 Å². The summed E-state index contributed by atoms with van der Waals surface area (Å²) in [6.45, 7) is 9.40. The summed E-state index contributed by atoms with van der Waals surface area (Å²) in [5.41, 5.74) is 0. The number of aryl methyl sites for hydroxylation is 2. The number of nitrogens with zero attached hydrogens (tertiary/aromatic N) is 2. The molecule has 248 valence electrons. The molecule has 0 unspecified atom stereocenters. The van der Waals surface area contributed by atoms with Crippen molar-refractivity contribution < 1.29 is 4.57 Å². The van der Waals surface area contributed by atoms with Gasteiger partial charge in [0.25, 0.3) is 5.82 Å². The minimum Gasteiger partial charge on any atom is -0.234 e. The van der Waals surface area contributed by atoms with Gasteiger partial charge in [-0.1, -0.05) is 188 Å². The van der Waals surface area contributed by atoms with Crippen LogP contribution in [0.1, 0.15) is 226 Å². The standard InChI is InChI=1S/C40H79N2/c1-4-7-10-13-16-19-21-23-25-28-31-34-37-42-39-38-41(36-33-30-27-18-15-12-9-6-3)40(42)35-32-29-26-24-22-20-17-14-11-8-5-2/h38-39H,4-37H2,1-3H3/q+1. The van der Waals surface area contributed by atoms with Crippen LogP contribution in [0.4, 0.5) is 0 Å². The molecule has 1 rings (SSSR count). The molecular weight excluding hydrogens is 508 g/mol. The van der Waals surface area contributed by atoms with Crippen LogP contribution < -0.4 is 4.57 Å². The molecule has 1 aromatic heterocycles. The summed E-state index contributed by atoms with van der Waals surface area (Å²) < 4.78 is 5.27. The molecule has 1 heterocycles. The van der Waals surface area contributed by atoms with Gasteiger partial charge >= 0.3 is 0 Å². The minimum atomic E-state index is 1.23.